The molecular formula is C15H20N2S2. The standard InChI is InChI=1S/C15H20N2S2/c1-4-18-14-7-5-12(6-8-14)15(16-3)9-13-10-19-11(2)17-13/h5-8,10,15-16H,4,9H2,1-3H3. The summed E-state index contributed by atoms with van der Waals surface area (Å²) in [6, 6.07) is 9.19. The van der Waals surface area contributed by atoms with Gasteiger partial charge in [0.15, 0.2) is 0 Å². The second kappa shape index (κ2) is 7.08. The lowest BCUT2D eigenvalue weighted by Gasteiger charge is -2.16. The Morgan fingerprint density at radius 3 is 2.58 bits per heavy atom. The minimum absolute atomic E-state index is 0.335. The summed E-state index contributed by atoms with van der Waals surface area (Å²) in [6.45, 7) is 4.23. The summed E-state index contributed by atoms with van der Waals surface area (Å²) < 4.78 is 0. The Kier molecular flexibility index (Phi) is 5.43. The zero-order chi connectivity index (χ0) is 13.7. The Hall–Kier alpha value is -0.840. The highest BCUT2D eigenvalue weighted by Gasteiger charge is 2.11. The van der Waals surface area contributed by atoms with Gasteiger partial charge in [0.2, 0.25) is 0 Å². The number of nitrogens with zero attached hydrogens (tertiary/aromatic N) is 1. The Bertz CT molecular complexity index is 505. The average Bonchev–Trinajstić information content (AvgIpc) is 2.83. The van der Waals surface area contributed by atoms with Crippen LogP contribution in [0.4, 0.5) is 0 Å². The summed E-state index contributed by atoms with van der Waals surface area (Å²) in [5, 5.41) is 6.68. The molecule has 0 fully saturated rings. The molecular weight excluding hydrogens is 272 g/mol. The second-order valence-corrected chi connectivity index (χ2v) is 6.80. The van der Waals surface area contributed by atoms with Crippen LogP contribution in [-0.2, 0) is 6.42 Å². The molecule has 4 heteroatoms. The van der Waals surface area contributed by atoms with Gasteiger partial charge < -0.3 is 5.32 Å². The minimum atomic E-state index is 0.335. The molecule has 0 amide bonds. The first-order chi connectivity index (χ1) is 9.22. The Labute approximate surface area is 123 Å². The van der Waals surface area contributed by atoms with Crippen molar-refractivity contribution in [3.63, 3.8) is 0 Å². The first-order valence-electron chi connectivity index (χ1n) is 6.54. The Morgan fingerprint density at radius 1 is 1.32 bits per heavy atom. The summed E-state index contributed by atoms with van der Waals surface area (Å²) in [5.74, 6) is 1.12. The Morgan fingerprint density at radius 2 is 2.05 bits per heavy atom. The molecule has 19 heavy (non-hydrogen) atoms. The molecule has 1 atom stereocenters. The monoisotopic (exact) mass is 292 g/mol. The van der Waals surface area contributed by atoms with E-state index >= 15 is 0 Å². The van der Waals surface area contributed by atoms with Gasteiger partial charge in [-0.05, 0) is 37.4 Å². The molecule has 1 aromatic carbocycles. The summed E-state index contributed by atoms with van der Waals surface area (Å²) in [5.41, 5.74) is 2.50. The van der Waals surface area contributed by atoms with E-state index in [1.807, 2.05) is 18.8 Å². The number of aryl methyl sites for hydroxylation is 1. The van der Waals surface area contributed by atoms with Gasteiger partial charge in [-0.3, -0.25) is 0 Å². The maximum atomic E-state index is 4.55. The molecule has 2 rings (SSSR count). The van der Waals surface area contributed by atoms with Gasteiger partial charge in [0.1, 0.15) is 0 Å². The zero-order valence-electron chi connectivity index (χ0n) is 11.6. The number of hydrogen-bond donors (Lipinski definition) is 1. The molecule has 0 saturated carbocycles. The van der Waals surface area contributed by atoms with E-state index in [1.54, 1.807) is 11.3 Å². The molecule has 1 aromatic heterocycles. The van der Waals surface area contributed by atoms with Gasteiger partial charge in [-0.25, -0.2) is 4.98 Å². The van der Waals surface area contributed by atoms with Gasteiger partial charge in [0, 0.05) is 22.7 Å². The van der Waals surface area contributed by atoms with Gasteiger partial charge in [-0.1, -0.05) is 19.1 Å². The molecule has 102 valence electrons. The number of aromatic nitrogens is 1. The number of benzene rings is 1. The van der Waals surface area contributed by atoms with E-state index in [2.05, 4.69) is 53.8 Å². The summed E-state index contributed by atoms with van der Waals surface area (Å²) in [7, 11) is 2.01. The van der Waals surface area contributed by atoms with Crippen molar-refractivity contribution in [1.29, 1.82) is 0 Å². The molecule has 2 nitrogen and oxygen atoms in total. The van der Waals surface area contributed by atoms with Crippen molar-refractivity contribution in [2.24, 2.45) is 0 Å². The van der Waals surface area contributed by atoms with Crippen LogP contribution in [0.2, 0.25) is 0 Å². The molecule has 0 spiro atoms. The Balaban J connectivity index is 2.08. The fraction of sp³-hybridized carbons (Fsp3) is 0.400. The maximum absolute atomic E-state index is 4.55. The van der Waals surface area contributed by atoms with E-state index in [0.29, 0.717) is 6.04 Å². The minimum Gasteiger partial charge on any atom is -0.313 e. The van der Waals surface area contributed by atoms with Crippen LogP contribution in [0.25, 0.3) is 0 Å². The highest BCUT2D eigenvalue weighted by Crippen LogP contribution is 2.23. The number of hydrogen-bond acceptors (Lipinski definition) is 4. The number of thiazole rings is 1. The molecule has 2 aromatic rings. The fourth-order valence-corrected chi connectivity index (χ4v) is 3.35. The molecule has 0 radical (unpaired) electrons. The van der Waals surface area contributed by atoms with Crippen LogP contribution in [0, 0.1) is 6.92 Å². The van der Waals surface area contributed by atoms with Gasteiger partial charge >= 0.3 is 0 Å². The topological polar surface area (TPSA) is 24.9 Å². The highest BCUT2D eigenvalue weighted by molar-refractivity contribution is 7.99. The van der Waals surface area contributed by atoms with Crippen LogP contribution in [0.3, 0.4) is 0 Å². The zero-order valence-corrected chi connectivity index (χ0v) is 13.3. The highest BCUT2D eigenvalue weighted by atomic mass is 32.2. The SMILES string of the molecule is CCSc1ccc(C(Cc2csc(C)n2)NC)cc1. The van der Waals surface area contributed by atoms with Gasteiger partial charge in [0.05, 0.1) is 10.7 Å². The second-order valence-electron chi connectivity index (χ2n) is 4.41. The maximum Gasteiger partial charge on any atom is 0.0897 e. The third-order valence-electron chi connectivity index (χ3n) is 3.02. The first-order valence-corrected chi connectivity index (χ1v) is 8.40. The molecule has 1 unspecified atom stereocenters. The molecule has 1 N–H and O–H groups in total. The molecule has 0 bridgehead atoms. The van der Waals surface area contributed by atoms with E-state index in [9.17, 15) is 0 Å². The van der Waals surface area contributed by atoms with Crippen LogP contribution < -0.4 is 5.32 Å². The van der Waals surface area contributed by atoms with Crippen molar-refractivity contribution in [2.75, 3.05) is 12.8 Å². The summed E-state index contributed by atoms with van der Waals surface area (Å²) in [6.07, 6.45) is 0.946. The summed E-state index contributed by atoms with van der Waals surface area (Å²) >= 11 is 3.60. The van der Waals surface area contributed by atoms with E-state index in [4.69, 9.17) is 0 Å². The average molecular weight is 292 g/mol. The van der Waals surface area contributed by atoms with Crippen molar-refractivity contribution < 1.29 is 0 Å². The van der Waals surface area contributed by atoms with Crippen LogP contribution >= 0.6 is 23.1 Å². The molecule has 0 saturated heterocycles. The number of rotatable bonds is 6. The van der Waals surface area contributed by atoms with Crippen molar-refractivity contribution >= 4 is 23.1 Å². The lowest BCUT2D eigenvalue weighted by molar-refractivity contribution is 0.585. The fourth-order valence-electron chi connectivity index (χ4n) is 2.06. The number of likely N-dealkylation sites (N-methyl/N-ethyl adjacent to an activating group) is 1. The first kappa shape index (κ1) is 14.6. The summed E-state index contributed by atoms with van der Waals surface area (Å²) in [4.78, 5) is 5.88. The van der Waals surface area contributed by atoms with Crippen molar-refractivity contribution in [3.8, 4) is 0 Å². The predicted molar refractivity (Wildman–Crippen MR) is 85.2 cm³/mol. The molecule has 0 aliphatic rings. The third kappa shape index (κ3) is 4.06. The van der Waals surface area contributed by atoms with E-state index < -0.39 is 0 Å². The van der Waals surface area contributed by atoms with E-state index in [1.165, 1.54) is 16.2 Å². The molecule has 1 heterocycles. The van der Waals surface area contributed by atoms with Gasteiger partial charge in [-0.15, -0.1) is 23.1 Å². The van der Waals surface area contributed by atoms with Gasteiger partial charge in [0.25, 0.3) is 0 Å². The van der Waals surface area contributed by atoms with Crippen molar-refractivity contribution in [2.45, 2.75) is 31.2 Å². The number of thioether (sulfide) groups is 1. The van der Waals surface area contributed by atoms with E-state index in [-0.39, 0.29) is 0 Å². The van der Waals surface area contributed by atoms with Crippen molar-refractivity contribution in [1.82, 2.24) is 10.3 Å². The predicted octanol–water partition coefficient (Wildman–Crippen LogP) is 4.07. The largest absolute Gasteiger partial charge is 0.313 e. The lowest BCUT2D eigenvalue weighted by Crippen LogP contribution is -2.18. The number of nitrogens with one attached hydrogen (secondary N) is 1. The lowest BCUT2D eigenvalue weighted by atomic mass is 10.0. The van der Waals surface area contributed by atoms with E-state index in [0.717, 1.165) is 17.2 Å². The third-order valence-corrected chi connectivity index (χ3v) is 4.74. The van der Waals surface area contributed by atoms with Gasteiger partial charge in [-0.2, -0.15) is 0 Å². The molecule has 0 aliphatic carbocycles. The smallest absolute Gasteiger partial charge is 0.0897 e. The quantitative estimate of drug-likeness (QED) is 0.813. The molecule has 0 aliphatic heterocycles. The van der Waals surface area contributed by atoms with Crippen LogP contribution in [-0.4, -0.2) is 17.8 Å². The van der Waals surface area contributed by atoms with Crippen LogP contribution in [0.15, 0.2) is 34.5 Å². The van der Waals surface area contributed by atoms with Crippen LogP contribution in [0.1, 0.15) is 29.2 Å². The normalized spacial score (nSPS) is 12.6. The van der Waals surface area contributed by atoms with Crippen molar-refractivity contribution in [3.05, 3.63) is 45.9 Å². The van der Waals surface area contributed by atoms with Crippen LogP contribution in [0.5, 0.6) is 0 Å².